The minimum absolute atomic E-state index is 0.295. The van der Waals surface area contributed by atoms with Crippen LogP contribution in [0.15, 0.2) is 54.6 Å². The second-order valence-corrected chi connectivity index (χ2v) is 7.74. The fraction of sp³-hybridized carbons (Fsp3) is 0.348. The number of para-hydroxylation sites is 2. The van der Waals surface area contributed by atoms with Crippen LogP contribution in [0, 0.1) is 0 Å². The SMILES string of the molecule is CCN(C[C@@H]1COc2ccccc2O1)C(=O)CN1C(=O)N[C@](C)(c2ccccc2)C1=O. The Morgan fingerprint density at radius 1 is 1.13 bits per heavy atom. The highest BCUT2D eigenvalue weighted by molar-refractivity contribution is 6.09. The van der Waals surface area contributed by atoms with Gasteiger partial charge >= 0.3 is 6.03 Å². The maximum atomic E-state index is 13.0. The molecule has 0 radical (unpaired) electrons. The van der Waals surface area contributed by atoms with E-state index in [4.69, 9.17) is 9.47 Å². The average Bonchev–Trinajstić information content (AvgIpc) is 3.01. The fourth-order valence-electron chi connectivity index (χ4n) is 3.85. The maximum absolute atomic E-state index is 13.0. The first-order chi connectivity index (χ1) is 14.9. The van der Waals surface area contributed by atoms with Gasteiger partial charge in [0.25, 0.3) is 5.91 Å². The molecule has 8 nitrogen and oxygen atoms in total. The first kappa shape index (κ1) is 20.7. The highest BCUT2D eigenvalue weighted by Gasteiger charge is 2.49. The lowest BCUT2D eigenvalue weighted by Crippen LogP contribution is -2.48. The monoisotopic (exact) mass is 423 g/mol. The summed E-state index contributed by atoms with van der Waals surface area (Å²) in [5, 5.41) is 2.72. The quantitative estimate of drug-likeness (QED) is 0.720. The first-order valence-corrected chi connectivity index (χ1v) is 10.3. The third kappa shape index (κ3) is 3.93. The van der Waals surface area contributed by atoms with Crippen LogP contribution in [0.25, 0.3) is 0 Å². The number of imide groups is 1. The van der Waals surface area contributed by atoms with Crippen molar-refractivity contribution in [2.45, 2.75) is 25.5 Å². The Kier molecular flexibility index (Phi) is 5.54. The van der Waals surface area contributed by atoms with Gasteiger partial charge in [0.2, 0.25) is 5.91 Å². The van der Waals surface area contributed by atoms with Crippen LogP contribution in [0.3, 0.4) is 0 Å². The Morgan fingerprint density at radius 3 is 2.52 bits per heavy atom. The smallest absolute Gasteiger partial charge is 0.325 e. The number of ether oxygens (including phenoxy) is 2. The number of benzene rings is 2. The number of rotatable bonds is 6. The van der Waals surface area contributed by atoms with E-state index >= 15 is 0 Å². The van der Waals surface area contributed by atoms with E-state index in [1.165, 1.54) is 0 Å². The Balaban J connectivity index is 1.42. The van der Waals surface area contributed by atoms with E-state index in [0.29, 0.717) is 36.8 Å². The minimum Gasteiger partial charge on any atom is -0.486 e. The minimum atomic E-state index is -1.19. The Labute approximate surface area is 180 Å². The third-order valence-electron chi connectivity index (χ3n) is 5.65. The van der Waals surface area contributed by atoms with E-state index in [2.05, 4.69) is 5.32 Å². The molecule has 0 saturated carbocycles. The lowest BCUT2D eigenvalue weighted by molar-refractivity contribution is -0.139. The summed E-state index contributed by atoms with van der Waals surface area (Å²) in [6.45, 7) is 4.19. The number of carbonyl (C=O) groups excluding carboxylic acids is 3. The van der Waals surface area contributed by atoms with Crippen LogP contribution in [-0.2, 0) is 15.1 Å². The summed E-state index contributed by atoms with van der Waals surface area (Å²) < 4.78 is 11.7. The molecule has 2 atom stereocenters. The maximum Gasteiger partial charge on any atom is 0.325 e. The lowest BCUT2D eigenvalue weighted by Gasteiger charge is -2.31. The van der Waals surface area contributed by atoms with Gasteiger partial charge < -0.3 is 19.7 Å². The molecular formula is C23H25N3O5. The number of nitrogens with zero attached hydrogens (tertiary/aromatic N) is 2. The van der Waals surface area contributed by atoms with Gasteiger partial charge in [-0.2, -0.15) is 0 Å². The molecule has 4 rings (SSSR count). The van der Waals surface area contributed by atoms with Gasteiger partial charge in [0.05, 0.1) is 6.54 Å². The molecule has 2 aliphatic heterocycles. The molecule has 0 spiro atoms. The zero-order chi connectivity index (χ0) is 22.0. The molecule has 0 aliphatic carbocycles. The number of amides is 4. The van der Waals surface area contributed by atoms with Crippen molar-refractivity contribution >= 4 is 17.8 Å². The van der Waals surface area contributed by atoms with Crippen LogP contribution in [0.5, 0.6) is 11.5 Å². The molecule has 162 valence electrons. The average molecular weight is 423 g/mol. The predicted octanol–water partition coefficient (Wildman–Crippen LogP) is 2.14. The summed E-state index contributed by atoms with van der Waals surface area (Å²) in [4.78, 5) is 41.1. The standard InChI is InChI=1S/C23H25N3O5/c1-3-25(13-17-15-30-18-11-7-8-12-19(18)31-17)20(27)14-26-21(28)23(2,24-22(26)29)16-9-5-4-6-10-16/h4-12,17H,3,13-15H2,1-2H3,(H,24,29)/t17-,23-/m1/s1. The molecule has 0 aromatic heterocycles. The van der Waals surface area contributed by atoms with Crippen molar-refractivity contribution in [1.29, 1.82) is 0 Å². The summed E-state index contributed by atoms with van der Waals surface area (Å²) >= 11 is 0. The van der Waals surface area contributed by atoms with E-state index in [9.17, 15) is 14.4 Å². The molecular weight excluding hydrogens is 398 g/mol. The molecule has 4 amide bonds. The zero-order valence-electron chi connectivity index (χ0n) is 17.5. The highest BCUT2D eigenvalue weighted by atomic mass is 16.6. The lowest BCUT2D eigenvalue weighted by atomic mass is 9.92. The van der Waals surface area contributed by atoms with E-state index in [-0.39, 0.29) is 18.6 Å². The number of urea groups is 1. The first-order valence-electron chi connectivity index (χ1n) is 10.3. The Morgan fingerprint density at radius 2 is 1.81 bits per heavy atom. The molecule has 2 aromatic rings. The molecule has 0 unspecified atom stereocenters. The van der Waals surface area contributed by atoms with Gasteiger partial charge in [-0.3, -0.25) is 14.5 Å². The van der Waals surface area contributed by atoms with Gasteiger partial charge in [-0.05, 0) is 31.5 Å². The van der Waals surface area contributed by atoms with Crippen molar-refractivity contribution < 1.29 is 23.9 Å². The van der Waals surface area contributed by atoms with Crippen LogP contribution in [-0.4, -0.2) is 60.0 Å². The molecule has 1 N–H and O–H groups in total. The summed E-state index contributed by atoms with van der Waals surface area (Å²) in [5.41, 5.74) is -0.526. The van der Waals surface area contributed by atoms with Gasteiger partial charge in [-0.1, -0.05) is 42.5 Å². The van der Waals surface area contributed by atoms with Crippen molar-refractivity contribution in [2.24, 2.45) is 0 Å². The summed E-state index contributed by atoms with van der Waals surface area (Å²) in [5.74, 6) is 0.535. The zero-order valence-corrected chi connectivity index (χ0v) is 17.5. The molecule has 2 heterocycles. The topological polar surface area (TPSA) is 88.2 Å². The number of hydrogen-bond donors (Lipinski definition) is 1. The van der Waals surface area contributed by atoms with Crippen molar-refractivity contribution in [1.82, 2.24) is 15.1 Å². The van der Waals surface area contributed by atoms with Crippen molar-refractivity contribution in [3.8, 4) is 11.5 Å². The second kappa shape index (κ2) is 8.29. The fourth-order valence-corrected chi connectivity index (χ4v) is 3.85. The van der Waals surface area contributed by atoms with E-state index in [1.54, 1.807) is 36.1 Å². The number of nitrogens with one attached hydrogen (secondary N) is 1. The van der Waals surface area contributed by atoms with Crippen LogP contribution in [0.4, 0.5) is 4.79 Å². The van der Waals surface area contributed by atoms with Crippen LogP contribution in [0.1, 0.15) is 19.4 Å². The van der Waals surface area contributed by atoms with Gasteiger partial charge in [0, 0.05) is 6.54 Å². The van der Waals surface area contributed by atoms with Crippen LogP contribution < -0.4 is 14.8 Å². The van der Waals surface area contributed by atoms with Gasteiger partial charge in [0.1, 0.15) is 18.7 Å². The van der Waals surface area contributed by atoms with Crippen molar-refractivity contribution in [3.63, 3.8) is 0 Å². The number of fused-ring (bicyclic) bond motifs is 1. The van der Waals surface area contributed by atoms with Gasteiger partial charge in [-0.15, -0.1) is 0 Å². The Hall–Kier alpha value is -3.55. The van der Waals surface area contributed by atoms with E-state index in [1.807, 2.05) is 37.3 Å². The number of likely N-dealkylation sites (N-methyl/N-ethyl adjacent to an activating group) is 1. The van der Waals surface area contributed by atoms with Crippen molar-refractivity contribution in [3.05, 3.63) is 60.2 Å². The van der Waals surface area contributed by atoms with E-state index in [0.717, 1.165) is 4.90 Å². The predicted molar refractivity (Wildman–Crippen MR) is 113 cm³/mol. The normalized spacial score (nSPS) is 22.3. The van der Waals surface area contributed by atoms with E-state index < -0.39 is 17.5 Å². The number of carbonyl (C=O) groups is 3. The third-order valence-corrected chi connectivity index (χ3v) is 5.65. The molecule has 0 bridgehead atoms. The summed E-state index contributed by atoms with van der Waals surface area (Å²) in [6.07, 6.45) is -0.337. The summed E-state index contributed by atoms with van der Waals surface area (Å²) in [7, 11) is 0. The number of hydrogen-bond acceptors (Lipinski definition) is 5. The highest BCUT2D eigenvalue weighted by Crippen LogP contribution is 2.31. The second-order valence-electron chi connectivity index (χ2n) is 7.74. The molecule has 2 aliphatic rings. The molecule has 8 heteroatoms. The summed E-state index contributed by atoms with van der Waals surface area (Å²) in [6, 6.07) is 15.8. The Bertz CT molecular complexity index is 996. The van der Waals surface area contributed by atoms with Gasteiger partial charge in [0.15, 0.2) is 17.6 Å². The van der Waals surface area contributed by atoms with Crippen LogP contribution in [0.2, 0.25) is 0 Å². The molecule has 31 heavy (non-hydrogen) atoms. The van der Waals surface area contributed by atoms with Crippen LogP contribution >= 0.6 is 0 Å². The molecule has 2 aromatic carbocycles. The van der Waals surface area contributed by atoms with Crippen molar-refractivity contribution in [2.75, 3.05) is 26.2 Å². The molecule has 1 saturated heterocycles. The largest absolute Gasteiger partial charge is 0.486 e. The van der Waals surface area contributed by atoms with Gasteiger partial charge in [-0.25, -0.2) is 4.79 Å². The molecule has 1 fully saturated rings.